The molecule has 1 atom stereocenters. The maximum Gasteiger partial charge on any atom is 0.145 e. The fourth-order valence-electron chi connectivity index (χ4n) is 1.45. The Morgan fingerprint density at radius 1 is 1.44 bits per heavy atom. The van der Waals surface area contributed by atoms with E-state index in [0.717, 1.165) is 0 Å². The van der Waals surface area contributed by atoms with Crippen molar-refractivity contribution < 1.29 is 8.78 Å². The molecule has 16 heavy (non-hydrogen) atoms. The highest BCUT2D eigenvalue weighted by Crippen LogP contribution is 2.26. The number of hydrogen-bond acceptors (Lipinski definition) is 3. The van der Waals surface area contributed by atoms with E-state index in [-0.39, 0.29) is 10.0 Å². The van der Waals surface area contributed by atoms with Gasteiger partial charge < -0.3 is 4.90 Å². The summed E-state index contributed by atoms with van der Waals surface area (Å²) in [4.78, 5) is 1.80. The van der Waals surface area contributed by atoms with Gasteiger partial charge in [-0.2, -0.15) is 0 Å². The molecule has 1 rings (SSSR count). The van der Waals surface area contributed by atoms with Crippen LogP contribution in [0.1, 0.15) is 11.6 Å². The summed E-state index contributed by atoms with van der Waals surface area (Å²) in [6.45, 7) is 0.404. The summed E-state index contributed by atoms with van der Waals surface area (Å²) in [5.74, 6) is 4.09. The van der Waals surface area contributed by atoms with Gasteiger partial charge in [-0.3, -0.25) is 11.3 Å². The van der Waals surface area contributed by atoms with Crippen molar-refractivity contribution in [1.82, 2.24) is 10.3 Å². The molecule has 0 spiro atoms. The molecule has 0 saturated heterocycles. The van der Waals surface area contributed by atoms with Crippen LogP contribution in [0.25, 0.3) is 0 Å². The van der Waals surface area contributed by atoms with Gasteiger partial charge in [-0.05, 0) is 42.2 Å². The Kier molecular flexibility index (Phi) is 4.79. The first-order valence-electron chi connectivity index (χ1n) is 4.71. The minimum Gasteiger partial charge on any atom is -0.307 e. The van der Waals surface area contributed by atoms with Crippen LogP contribution in [0.4, 0.5) is 8.78 Å². The highest BCUT2D eigenvalue weighted by atomic mass is 79.9. The largest absolute Gasteiger partial charge is 0.307 e. The molecule has 3 N–H and O–H groups in total. The first-order valence-corrected chi connectivity index (χ1v) is 5.51. The van der Waals surface area contributed by atoms with Crippen LogP contribution >= 0.6 is 15.9 Å². The van der Waals surface area contributed by atoms with Gasteiger partial charge in [-0.25, -0.2) is 8.78 Å². The van der Waals surface area contributed by atoms with E-state index in [1.807, 2.05) is 0 Å². The summed E-state index contributed by atoms with van der Waals surface area (Å²) in [7, 11) is 3.61. The second kappa shape index (κ2) is 5.67. The average Bonchev–Trinajstić information content (AvgIpc) is 2.22. The van der Waals surface area contributed by atoms with Crippen molar-refractivity contribution in [3.8, 4) is 0 Å². The van der Waals surface area contributed by atoms with Crippen LogP contribution in [0.2, 0.25) is 0 Å². The maximum atomic E-state index is 13.7. The van der Waals surface area contributed by atoms with Gasteiger partial charge in [0.15, 0.2) is 0 Å². The number of hydrogen-bond donors (Lipinski definition) is 2. The summed E-state index contributed by atoms with van der Waals surface area (Å²) in [5.41, 5.74) is 2.37. The molecule has 90 valence electrons. The van der Waals surface area contributed by atoms with E-state index < -0.39 is 17.7 Å². The van der Waals surface area contributed by atoms with E-state index in [0.29, 0.717) is 6.54 Å². The Morgan fingerprint density at radius 3 is 2.56 bits per heavy atom. The van der Waals surface area contributed by atoms with Gasteiger partial charge in [0.2, 0.25) is 0 Å². The average molecular weight is 294 g/mol. The summed E-state index contributed by atoms with van der Waals surface area (Å²) < 4.78 is 27.5. The quantitative estimate of drug-likeness (QED) is 0.505. The zero-order chi connectivity index (χ0) is 12.3. The molecule has 3 nitrogen and oxygen atoms in total. The molecular formula is C10H14BrF2N3. The van der Waals surface area contributed by atoms with Crippen molar-refractivity contribution in [1.29, 1.82) is 0 Å². The van der Waals surface area contributed by atoms with Crippen LogP contribution in [0, 0.1) is 11.6 Å². The first-order chi connectivity index (χ1) is 7.47. The standard InChI is InChI=1S/C10H14BrF2N3/c1-16(2)5-8(15-14)9-7(12)4-3-6(11)10(9)13/h3-4,8,15H,5,14H2,1-2H3. The van der Waals surface area contributed by atoms with E-state index >= 15 is 0 Å². The lowest BCUT2D eigenvalue weighted by Gasteiger charge is -2.21. The minimum absolute atomic E-state index is 0.0504. The monoisotopic (exact) mass is 293 g/mol. The van der Waals surface area contributed by atoms with Crippen molar-refractivity contribution in [3.05, 3.63) is 33.8 Å². The third-order valence-corrected chi connectivity index (χ3v) is 2.79. The molecule has 6 heteroatoms. The molecule has 0 aliphatic rings. The normalized spacial score (nSPS) is 13.2. The van der Waals surface area contributed by atoms with E-state index in [4.69, 9.17) is 5.84 Å². The Bertz CT molecular complexity index is 371. The number of hydrazine groups is 1. The van der Waals surface area contributed by atoms with Crippen molar-refractivity contribution in [2.75, 3.05) is 20.6 Å². The molecule has 1 aromatic rings. The Balaban J connectivity index is 3.13. The highest BCUT2D eigenvalue weighted by Gasteiger charge is 2.21. The summed E-state index contributed by atoms with van der Waals surface area (Å²) >= 11 is 3.02. The van der Waals surface area contributed by atoms with E-state index in [1.54, 1.807) is 19.0 Å². The number of nitrogens with one attached hydrogen (secondary N) is 1. The second-order valence-electron chi connectivity index (χ2n) is 3.74. The molecule has 0 aromatic heterocycles. The van der Waals surface area contributed by atoms with Crippen molar-refractivity contribution >= 4 is 15.9 Å². The summed E-state index contributed by atoms with van der Waals surface area (Å²) in [5, 5.41) is 0. The molecule has 1 unspecified atom stereocenters. The second-order valence-corrected chi connectivity index (χ2v) is 4.59. The molecular weight excluding hydrogens is 280 g/mol. The Morgan fingerprint density at radius 2 is 2.06 bits per heavy atom. The maximum absolute atomic E-state index is 13.7. The van der Waals surface area contributed by atoms with E-state index in [2.05, 4.69) is 21.4 Å². The zero-order valence-electron chi connectivity index (χ0n) is 9.10. The Labute approximate surface area is 102 Å². The van der Waals surface area contributed by atoms with Crippen LogP contribution in [0.3, 0.4) is 0 Å². The van der Waals surface area contributed by atoms with Crippen molar-refractivity contribution in [2.45, 2.75) is 6.04 Å². The molecule has 0 fully saturated rings. The number of halogens is 3. The van der Waals surface area contributed by atoms with Gasteiger partial charge in [0.1, 0.15) is 11.6 Å². The molecule has 0 heterocycles. The molecule has 0 radical (unpaired) electrons. The number of rotatable bonds is 4. The van der Waals surface area contributed by atoms with Gasteiger partial charge in [0.05, 0.1) is 10.5 Å². The zero-order valence-corrected chi connectivity index (χ0v) is 10.7. The van der Waals surface area contributed by atoms with Gasteiger partial charge in [0, 0.05) is 12.1 Å². The van der Waals surface area contributed by atoms with Crippen LogP contribution < -0.4 is 11.3 Å². The smallest absolute Gasteiger partial charge is 0.145 e. The fourth-order valence-corrected chi connectivity index (χ4v) is 1.80. The third-order valence-electron chi connectivity index (χ3n) is 2.18. The Hall–Kier alpha value is -0.560. The third kappa shape index (κ3) is 2.98. The lowest BCUT2D eigenvalue weighted by atomic mass is 10.1. The number of likely N-dealkylation sites (N-methyl/N-ethyl adjacent to an activating group) is 1. The molecule has 1 aromatic carbocycles. The minimum atomic E-state index is -0.621. The van der Waals surface area contributed by atoms with Gasteiger partial charge in [-0.1, -0.05) is 0 Å². The number of benzene rings is 1. The van der Waals surface area contributed by atoms with Crippen LogP contribution in [0.15, 0.2) is 16.6 Å². The van der Waals surface area contributed by atoms with Crippen LogP contribution in [0.5, 0.6) is 0 Å². The lowest BCUT2D eigenvalue weighted by molar-refractivity contribution is 0.331. The van der Waals surface area contributed by atoms with E-state index in [9.17, 15) is 8.78 Å². The fraction of sp³-hybridized carbons (Fsp3) is 0.400. The van der Waals surface area contributed by atoms with Gasteiger partial charge >= 0.3 is 0 Å². The van der Waals surface area contributed by atoms with Crippen molar-refractivity contribution in [2.24, 2.45) is 5.84 Å². The lowest BCUT2D eigenvalue weighted by Crippen LogP contribution is -2.36. The highest BCUT2D eigenvalue weighted by molar-refractivity contribution is 9.10. The predicted molar refractivity (Wildman–Crippen MR) is 62.7 cm³/mol. The SMILES string of the molecule is CN(C)CC(NN)c1c(F)ccc(Br)c1F. The predicted octanol–water partition coefficient (Wildman–Crippen LogP) is 1.79. The molecule has 0 aliphatic carbocycles. The first kappa shape index (κ1) is 13.5. The number of nitrogens with two attached hydrogens (primary N) is 1. The summed E-state index contributed by atoms with van der Waals surface area (Å²) in [6, 6.07) is 1.95. The topological polar surface area (TPSA) is 41.3 Å². The van der Waals surface area contributed by atoms with Gasteiger partial charge in [-0.15, -0.1) is 0 Å². The van der Waals surface area contributed by atoms with E-state index in [1.165, 1.54) is 12.1 Å². The molecule has 0 bridgehead atoms. The molecule has 0 amide bonds. The molecule has 0 aliphatic heterocycles. The summed E-state index contributed by atoms with van der Waals surface area (Å²) in [6.07, 6.45) is 0. The number of nitrogens with zero attached hydrogens (tertiary/aromatic N) is 1. The van der Waals surface area contributed by atoms with Crippen LogP contribution in [-0.4, -0.2) is 25.5 Å². The molecule has 0 saturated carbocycles. The van der Waals surface area contributed by atoms with Crippen LogP contribution in [-0.2, 0) is 0 Å². The van der Waals surface area contributed by atoms with Gasteiger partial charge in [0.25, 0.3) is 0 Å². The van der Waals surface area contributed by atoms with Crippen molar-refractivity contribution in [3.63, 3.8) is 0 Å².